The number of nitrogens with zero attached hydrogens (tertiary/aromatic N) is 3. The summed E-state index contributed by atoms with van der Waals surface area (Å²) in [6.45, 7) is 4.22. The number of hydrogen-bond donors (Lipinski definition) is 2. The summed E-state index contributed by atoms with van der Waals surface area (Å²) >= 11 is 0. The first-order chi connectivity index (χ1) is 9.00. The highest BCUT2D eigenvalue weighted by atomic mass is 16.3. The molecule has 1 heterocycles. The number of amides is 1. The molecule has 1 aliphatic rings. The van der Waals surface area contributed by atoms with Gasteiger partial charge in [-0.1, -0.05) is 19.8 Å². The van der Waals surface area contributed by atoms with Crippen molar-refractivity contribution in [1.29, 1.82) is 0 Å². The Balaban J connectivity index is 1.86. The SMILES string of the molecule is CC1CCCC(O)(CNC(=O)C(C)n2cncn2)C1. The van der Waals surface area contributed by atoms with Gasteiger partial charge in [0.15, 0.2) is 0 Å². The van der Waals surface area contributed by atoms with Gasteiger partial charge in [-0.3, -0.25) is 4.79 Å². The maximum Gasteiger partial charge on any atom is 0.244 e. The average Bonchev–Trinajstić information content (AvgIpc) is 2.88. The summed E-state index contributed by atoms with van der Waals surface area (Å²) < 4.78 is 1.50. The molecule has 3 unspecified atom stereocenters. The lowest BCUT2D eigenvalue weighted by Gasteiger charge is -2.35. The number of hydrogen-bond acceptors (Lipinski definition) is 4. The van der Waals surface area contributed by atoms with Gasteiger partial charge in [-0.2, -0.15) is 5.10 Å². The van der Waals surface area contributed by atoms with Crippen LogP contribution in [0.2, 0.25) is 0 Å². The van der Waals surface area contributed by atoms with E-state index in [-0.39, 0.29) is 5.91 Å². The molecule has 0 aromatic carbocycles. The molecular weight excluding hydrogens is 244 g/mol. The van der Waals surface area contributed by atoms with E-state index < -0.39 is 11.6 Å². The van der Waals surface area contributed by atoms with Crippen LogP contribution < -0.4 is 5.32 Å². The average molecular weight is 266 g/mol. The molecule has 1 saturated carbocycles. The van der Waals surface area contributed by atoms with E-state index >= 15 is 0 Å². The minimum Gasteiger partial charge on any atom is -0.388 e. The number of aliphatic hydroxyl groups is 1. The van der Waals surface area contributed by atoms with Crippen molar-refractivity contribution in [2.45, 2.75) is 51.2 Å². The van der Waals surface area contributed by atoms with Crippen molar-refractivity contribution in [3.05, 3.63) is 12.7 Å². The molecule has 6 heteroatoms. The van der Waals surface area contributed by atoms with Crippen LogP contribution in [0.25, 0.3) is 0 Å². The smallest absolute Gasteiger partial charge is 0.244 e. The van der Waals surface area contributed by atoms with Crippen LogP contribution in [-0.2, 0) is 4.79 Å². The molecule has 0 saturated heterocycles. The molecule has 0 aliphatic heterocycles. The number of carbonyl (C=O) groups is 1. The molecule has 6 nitrogen and oxygen atoms in total. The third kappa shape index (κ3) is 3.53. The molecule has 0 spiro atoms. The zero-order valence-electron chi connectivity index (χ0n) is 11.5. The summed E-state index contributed by atoms with van der Waals surface area (Å²) in [6.07, 6.45) is 6.61. The summed E-state index contributed by atoms with van der Waals surface area (Å²) in [5, 5.41) is 17.2. The molecule has 1 fully saturated rings. The lowest BCUT2D eigenvalue weighted by atomic mass is 9.79. The Bertz CT molecular complexity index is 420. The van der Waals surface area contributed by atoms with Crippen LogP contribution in [0.4, 0.5) is 0 Å². The molecule has 1 amide bonds. The maximum absolute atomic E-state index is 12.0. The van der Waals surface area contributed by atoms with E-state index in [2.05, 4.69) is 22.3 Å². The fraction of sp³-hybridized carbons (Fsp3) is 0.769. The predicted octanol–water partition coefficient (Wildman–Crippen LogP) is 0.896. The molecule has 0 bridgehead atoms. The van der Waals surface area contributed by atoms with Crippen molar-refractivity contribution in [1.82, 2.24) is 20.1 Å². The largest absolute Gasteiger partial charge is 0.388 e. The first-order valence-corrected chi connectivity index (χ1v) is 6.84. The van der Waals surface area contributed by atoms with Gasteiger partial charge in [0.05, 0.1) is 5.60 Å². The normalized spacial score (nSPS) is 28.9. The Hall–Kier alpha value is -1.43. The Morgan fingerprint density at radius 1 is 1.68 bits per heavy atom. The third-order valence-electron chi connectivity index (χ3n) is 3.87. The summed E-state index contributed by atoms with van der Waals surface area (Å²) in [5.74, 6) is 0.376. The van der Waals surface area contributed by atoms with E-state index in [1.165, 1.54) is 17.3 Å². The van der Waals surface area contributed by atoms with E-state index in [1.807, 2.05) is 0 Å². The Labute approximate surface area is 113 Å². The van der Waals surface area contributed by atoms with Crippen LogP contribution in [0, 0.1) is 5.92 Å². The molecule has 2 N–H and O–H groups in total. The second kappa shape index (κ2) is 5.69. The number of rotatable bonds is 4. The molecule has 106 valence electrons. The predicted molar refractivity (Wildman–Crippen MR) is 70.3 cm³/mol. The molecule has 1 aliphatic carbocycles. The lowest BCUT2D eigenvalue weighted by Crippen LogP contribution is -2.47. The van der Waals surface area contributed by atoms with Crippen LogP contribution in [-0.4, -0.2) is 37.9 Å². The molecule has 2 rings (SSSR count). The second-order valence-electron chi connectivity index (χ2n) is 5.70. The zero-order chi connectivity index (χ0) is 13.9. The Morgan fingerprint density at radius 2 is 2.47 bits per heavy atom. The highest BCUT2D eigenvalue weighted by Gasteiger charge is 2.33. The Kier molecular flexibility index (Phi) is 4.19. The van der Waals surface area contributed by atoms with Crippen LogP contribution in [0.3, 0.4) is 0 Å². The van der Waals surface area contributed by atoms with E-state index in [0.29, 0.717) is 12.5 Å². The third-order valence-corrected chi connectivity index (χ3v) is 3.87. The standard InChI is InChI=1S/C13H22N4O2/c1-10-4-3-5-13(19,6-10)7-15-12(18)11(2)17-9-14-8-16-17/h8-11,19H,3-7H2,1-2H3,(H,15,18). The van der Waals surface area contributed by atoms with E-state index in [1.54, 1.807) is 6.92 Å². The van der Waals surface area contributed by atoms with Crippen molar-refractivity contribution in [3.8, 4) is 0 Å². The van der Waals surface area contributed by atoms with Crippen molar-refractivity contribution >= 4 is 5.91 Å². The monoisotopic (exact) mass is 266 g/mol. The zero-order valence-corrected chi connectivity index (χ0v) is 11.5. The van der Waals surface area contributed by atoms with E-state index in [4.69, 9.17) is 0 Å². The quantitative estimate of drug-likeness (QED) is 0.848. The molecular formula is C13H22N4O2. The van der Waals surface area contributed by atoms with Crippen molar-refractivity contribution in [2.24, 2.45) is 5.92 Å². The van der Waals surface area contributed by atoms with Gasteiger partial charge in [-0.15, -0.1) is 0 Å². The topological polar surface area (TPSA) is 80.0 Å². The van der Waals surface area contributed by atoms with Gasteiger partial charge in [0.25, 0.3) is 0 Å². The highest BCUT2D eigenvalue weighted by molar-refractivity contribution is 5.79. The van der Waals surface area contributed by atoms with E-state index in [9.17, 15) is 9.90 Å². The van der Waals surface area contributed by atoms with Gasteiger partial charge >= 0.3 is 0 Å². The van der Waals surface area contributed by atoms with Crippen LogP contribution in [0.15, 0.2) is 12.7 Å². The maximum atomic E-state index is 12.0. The van der Waals surface area contributed by atoms with Crippen molar-refractivity contribution in [2.75, 3.05) is 6.54 Å². The number of nitrogens with one attached hydrogen (secondary N) is 1. The molecule has 0 radical (unpaired) electrons. The van der Waals surface area contributed by atoms with Gasteiger partial charge < -0.3 is 10.4 Å². The van der Waals surface area contributed by atoms with Gasteiger partial charge in [0.1, 0.15) is 18.7 Å². The molecule has 1 aromatic rings. The van der Waals surface area contributed by atoms with Crippen molar-refractivity contribution in [3.63, 3.8) is 0 Å². The molecule has 19 heavy (non-hydrogen) atoms. The summed E-state index contributed by atoms with van der Waals surface area (Å²) in [4.78, 5) is 15.8. The second-order valence-corrected chi connectivity index (χ2v) is 5.70. The van der Waals surface area contributed by atoms with Gasteiger partial charge in [0, 0.05) is 6.54 Å². The van der Waals surface area contributed by atoms with Crippen LogP contribution in [0.1, 0.15) is 45.6 Å². The first kappa shape index (κ1) is 14.0. The first-order valence-electron chi connectivity index (χ1n) is 6.84. The minimum absolute atomic E-state index is 0.142. The molecule has 1 aromatic heterocycles. The lowest BCUT2D eigenvalue weighted by molar-refractivity contribution is -0.126. The Morgan fingerprint density at radius 3 is 3.11 bits per heavy atom. The highest BCUT2D eigenvalue weighted by Crippen LogP contribution is 2.31. The molecule has 3 atom stereocenters. The summed E-state index contributed by atoms with van der Waals surface area (Å²) in [5.41, 5.74) is -0.755. The summed E-state index contributed by atoms with van der Waals surface area (Å²) in [7, 11) is 0. The van der Waals surface area contributed by atoms with Gasteiger partial charge in [-0.05, 0) is 25.7 Å². The van der Waals surface area contributed by atoms with Crippen molar-refractivity contribution < 1.29 is 9.90 Å². The summed E-state index contributed by atoms with van der Waals surface area (Å²) in [6, 6.07) is -0.410. The van der Waals surface area contributed by atoms with Crippen LogP contribution >= 0.6 is 0 Å². The van der Waals surface area contributed by atoms with Gasteiger partial charge in [0.2, 0.25) is 5.91 Å². The fourth-order valence-electron chi connectivity index (χ4n) is 2.73. The number of carbonyl (C=O) groups excluding carboxylic acids is 1. The van der Waals surface area contributed by atoms with Gasteiger partial charge in [-0.25, -0.2) is 9.67 Å². The van der Waals surface area contributed by atoms with E-state index in [0.717, 1.165) is 25.7 Å². The fourth-order valence-corrected chi connectivity index (χ4v) is 2.73. The number of aromatic nitrogens is 3. The van der Waals surface area contributed by atoms with Crippen LogP contribution in [0.5, 0.6) is 0 Å². The minimum atomic E-state index is -0.755.